The standard InChI is InChI=1S/C18H20N2O3S/c1-3-22-16-6-4-5-7-17(16)23-13-18(21)20-19-12-14-8-10-15(24-2)11-9-14/h4-12H,3,13H2,1-2H3,(H,20,21). The summed E-state index contributed by atoms with van der Waals surface area (Å²) in [6.45, 7) is 2.29. The topological polar surface area (TPSA) is 59.9 Å². The first kappa shape index (κ1) is 17.9. The van der Waals surface area contributed by atoms with Gasteiger partial charge in [-0.15, -0.1) is 11.8 Å². The highest BCUT2D eigenvalue weighted by Crippen LogP contribution is 2.26. The molecule has 6 heteroatoms. The predicted octanol–water partition coefficient (Wildman–Crippen LogP) is 3.34. The van der Waals surface area contributed by atoms with Crippen molar-refractivity contribution in [3.05, 3.63) is 54.1 Å². The SMILES string of the molecule is CCOc1ccccc1OCC(=O)NN=Cc1ccc(SC)cc1. The number of thioether (sulfide) groups is 1. The van der Waals surface area contributed by atoms with Crippen LogP contribution in [0.15, 0.2) is 58.5 Å². The summed E-state index contributed by atoms with van der Waals surface area (Å²) >= 11 is 1.67. The third-order valence-corrected chi connectivity index (χ3v) is 3.77. The van der Waals surface area contributed by atoms with Gasteiger partial charge in [0.1, 0.15) is 0 Å². The molecular formula is C18H20N2O3S. The van der Waals surface area contributed by atoms with Gasteiger partial charge in [-0.1, -0.05) is 24.3 Å². The molecule has 0 aliphatic rings. The van der Waals surface area contributed by atoms with Gasteiger partial charge in [0.2, 0.25) is 0 Å². The molecule has 2 aromatic carbocycles. The van der Waals surface area contributed by atoms with Crippen molar-refractivity contribution in [1.29, 1.82) is 0 Å². The molecule has 0 heterocycles. The van der Waals surface area contributed by atoms with Crippen LogP contribution in [-0.2, 0) is 4.79 Å². The van der Waals surface area contributed by atoms with Crippen LogP contribution in [0.1, 0.15) is 12.5 Å². The Balaban J connectivity index is 1.82. The zero-order chi connectivity index (χ0) is 17.2. The molecule has 126 valence electrons. The van der Waals surface area contributed by atoms with Gasteiger partial charge < -0.3 is 9.47 Å². The number of carbonyl (C=O) groups excluding carboxylic acids is 1. The Hall–Kier alpha value is -2.47. The molecule has 0 saturated heterocycles. The third-order valence-electron chi connectivity index (χ3n) is 3.03. The number of carbonyl (C=O) groups is 1. The van der Waals surface area contributed by atoms with Gasteiger partial charge in [-0.3, -0.25) is 4.79 Å². The van der Waals surface area contributed by atoms with E-state index < -0.39 is 0 Å². The van der Waals surface area contributed by atoms with Crippen molar-refractivity contribution in [3.63, 3.8) is 0 Å². The van der Waals surface area contributed by atoms with Crippen molar-refractivity contribution in [2.75, 3.05) is 19.5 Å². The van der Waals surface area contributed by atoms with E-state index in [2.05, 4.69) is 10.5 Å². The van der Waals surface area contributed by atoms with Crippen LogP contribution in [0, 0.1) is 0 Å². The minimum Gasteiger partial charge on any atom is -0.490 e. The molecule has 2 aromatic rings. The molecule has 0 atom stereocenters. The van der Waals surface area contributed by atoms with Crippen molar-refractivity contribution in [2.45, 2.75) is 11.8 Å². The lowest BCUT2D eigenvalue weighted by atomic mass is 10.2. The number of hydrogen-bond acceptors (Lipinski definition) is 5. The van der Waals surface area contributed by atoms with Crippen molar-refractivity contribution in [3.8, 4) is 11.5 Å². The second kappa shape index (κ2) is 9.62. The second-order valence-corrected chi connectivity index (χ2v) is 5.61. The summed E-state index contributed by atoms with van der Waals surface area (Å²) in [6, 6.07) is 15.1. The maximum absolute atomic E-state index is 11.8. The van der Waals surface area contributed by atoms with Gasteiger partial charge in [-0.2, -0.15) is 5.10 Å². The maximum Gasteiger partial charge on any atom is 0.277 e. The molecule has 0 unspecified atom stereocenters. The quantitative estimate of drug-likeness (QED) is 0.453. The number of hydrogen-bond donors (Lipinski definition) is 1. The molecule has 1 N–H and O–H groups in total. The molecule has 0 aliphatic carbocycles. The Labute approximate surface area is 146 Å². The first-order valence-corrected chi connectivity index (χ1v) is 8.76. The molecule has 0 radical (unpaired) electrons. The summed E-state index contributed by atoms with van der Waals surface area (Å²) in [5, 5.41) is 3.93. The average Bonchev–Trinajstić information content (AvgIpc) is 2.62. The average molecular weight is 344 g/mol. The van der Waals surface area contributed by atoms with E-state index in [1.807, 2.05) is 49.6 Å². The molecule has 24 heavy (non-hydrogen) atoms. The summed E-state index contributed by atoms with van der Waals surface area (Å²) < 4.78 is 10.9. The Morgan fingerprint density at radius 3 is 2.42 bits per heavy atom. The molecule has 0 aromatic heterocycles. The van der Waals surface area contributed by atoms with Gasteiger partial charge in [-0.05, 0) is 43.0 Å². The number of rotatable bonds is 8. The second-order valence-electron chi connectivity index (χ2n) is 4.73. The molecule has 0 bridgehead atoms. The molecule has 5 nitrogen and oxygen atoms in total. The molecular weight excluding hydrogens is 324 g/mol. The van der Waals surface area contributed by atoms with Gasteiger partial charge in [0.25, 0.3) is 5.91 Å². The number of hydrazone groups is 1. The summed E-state index contributed by atoms with van der Waals surface area (Å²) in [5.74, 6) is 0.814. The third kappa shape index (κ3) is 5.62. The Morgan fingerprint density at radius 2 is 1.79 bits per heavy atom. The minimum absolute atomic E-state index is 0.132. The number of nitrogens with one attached hydrogen (secondary N) is 1. The fourth-order valence-corrected chi connectivity index (χ4v) is 2.30. The Morgan fingerprint density at radius 1 is 1.12 bits per heavy atom. The highest BCUT2D eigenvalue weighted by atomic mass is 32.2. The fraction of sp³-hybridized carbons (Fsp3) is 0.222. The van der Waals surface area contributed by atoms with E-state index >= 15 is 0 Å². The predicted molar refractivity (Wildman–Crippen MR) is 97.1 cm³/mol. The number of benzene rings is 2. The summed E-state index contributed by atoms with van der Waals surface area (Å²) in [4.78, 5) is 13.0. The first-order chi connectivity index (χ1) is 11.7. The van der Waals surface area contributed by atoms with E-state index in [9.17, 15) is 4.79 Å². The molecule has 2 rings (SSSR count). The van der Waals surface area contributed by atoms with Crippen molar-refractivity contribution >= 4 is 23.9 Å². The van der Waals surface area contributed by atoms with E-state index in [1.54, 1.807) is 30.1 Å². The largest absolute Gasteiger partial charge is 0.490 e. The van der Waals surface area contributed by atoms with Crippen LogP contribution < -0.4 is 14.9 Å². The van der Waals surface area contributed by atoms with E-state index in [-0.39, 0.29) is 12.5 Å². The van der Waals surface area contributed by atoms with E-state index in [4.69, 9.17) is 9.47 Å². The normalized spacial score (nSPS) is 10.6. The van der Waals surface area contributed by atoms with Crippen LogP contribution in [0.4, 0.5) is 0 Å². The monoisotopic (exact) mass is 344 g/mol. The lowest BCUT2D eigenvalue weighted by Crippen LogP contribution is -2.24. The molecule has 0 spiro atoms. The lowest BCUT2D eigenvalue weighted by Gasteiger charge is -2.10. The van der Waals surface area contributed by atoms with Crippen LogP contribution in [0.25, 0.3) is 0 Å². The number of ether oxygens (including phenoxy) is 2. The Bertz CT molecular complexity index is 687. The maximum atomic E-state index is 11.8. The van der Waals surface area contributed by atoms with Gasteiger partial charge in [0.05, 0.1) is 12.8 Å². The van der Waals surface area contributed by atoms with E-state index in [0.29, 0.717) is 18.1 Å². The van der Waals surface area contributed by atoms with Crippen LogP contribution in [-0.4, -0.2) is 31.6 Å². The zero-order valence-electron chi connectivity index (χ0n) is 13.7. The van der Waals surface area contributed by atoms with Gasteiger partial charge in [0, 0.05) is 4.90 Å². The summed E-state index contributed by atoms with van der Waals surface area (Å²) in [6.07, 6.45) is 3.61. The van der Waals surface area contributed by atoms with Crippen molar-refractivity contribution in [2.24, 2.45) is 5.10 Å². The fourth-order valence-electron chi connectivity index (χ4n) is 1.89. The number of amides is 1. The highest BCUT2D eigenvalue weighted by molar-refractivity contribution is 7.98. The first-order valence-electron chi connectivity index (χ1n) is 7.53. The van der Waals surface area contributed by atoms with Gasteiger partial charge in [-0.25, -0.2) is 5.43 Å². The molecule has 1 amide bonds. The molecule has 0 aliphatic heterocycles. The summed E-state index contributed by atoms with van der Waals surface area (Å²) in [5.41, 5.74) is 3.35. The lowest BCUT2D eigenvalue weighted by molar-refractivity contribution is -0.123. The van der Waals surface area contributed by atoms with Gasteiger partial charge in [0.15, 0.2) is 18.1 Å². The van der Waals surface area contributed by atoms with Gasteiger partial charge >= 0.3 is 0 Å². The zero-order valence-corrected chi connectivity index (χ0v) is 14.5. The van der Waals surface area contributed by atoms with Crippen LogP contribution >= 0.6 is 11.8 Å². The minimum atomic E-state index is -0.335. The number of nitrogens with zero attached hydrogens (tertiary/aromatic N) is 1. The Kier molecular flexibility index (Phi) is 7.17. The summed E-state index contributed by atoms with van der Waals surface area (Å²) in [7, 11) is 0. The number of para-hydroxylation sites is 2. The van der Waals surface area contributed by atoms with Crippen LogP contribution in [0.5, 0.6) is 11.5 Å². The highest BCUT2D eigenvalue weighted by Gasteiger charge is 2.06. The van der Waals surface area contributed by atoms with Crippen LogP contribution in [0.3, 0.4) is 0 Å². The van der Waals surface area contributed by atoms with E-state index in [0.717, 1.165) is 5.56 Å². The van der Waals surface area contributed by atoms with Crippen molar-refractivity contribution in [1.82, 2.24) is 5.43 Å². The smallest absolute Gasteiger partial charge is 0.277 e. The van der Waals surface area contributed by atoms with Crippen molar-refractivity contribution < 1.29 is 14.3 Å². The molecule has 0 fully saturated rings. The van der Waals surface area contributed by atoms with Crippen LogP contribution in [0.2, 0.25) is 0 Å². The molecule has 0 saturated carbocycles. The van der Waals surface area contributed by atoms with E-state index in [1.165, 1.54) is 4.90 Å².